The van der Waals surface area contributed by atoms with Crippen LogP contribution in [-0.4, -0.2) is 35.3 Å². The summed E-state index contributed by atoms with van der Waals surface area (Å²) in [5.41, 5.74) is 1.37. The van der Waals surface area contributed by atoms with E-state index in [1.165, 1.54) is 6.92 Å². The Hall–Kier alpha value is -2.04. The number of rotatable bonds is 9. The number of amides is 1. The van der Waals surface area contributed by atoms with Crippen molar-refractivity contribution in [3.05, 3.63) is 56.5 Å². The predicted molar refractivity (Wildman–Crippen MR) is 127 cm³/mol. The first-order chi connectivity index (χ1) is 14.7. The largest absolute Gasteiger partial charge is 0.506 e. The molecule has 0 fully saturated rings. The van der Waals surface area contributed by atoms with Gasteiger partial charge in [-0.3, -0.25) is 14.9 Å². The number of carbonyl (C=O) groups is 3. The molecule has 31 heavy (non-hydrogen) atoms. The first-order valence-electron chi connectivity index (χ1n) is 9.24. The van der Waals surface area contributed by atoms with Crippen molar-refractivity contribution >= 4 is 68.0 Å². The predicted octanol–water partition coefficient (Wildman–Crippen LogP) is 5.66. The molecule has 0 bridgehead atoms. The Morgan fingerprint density at radius 3 is 2.45 bits per heavy atom. The van der Waals surface area contributed by atoms with Gasteiger partial charge in [-0.1, -0.05) is 15.9 Å². The molecule has 0 heterocycles. The molecule has 0 saturated heterocycles. The Morgan fingerprint density at radius 1 is 1.16 bits per heavy atom. The lowest BCUT2D eigenvalue weighted by atomic mass is 10.0. The second-order valence-corrected chi connectivity index (χ2v) is 8.58. The van der Waals surface area contributed by atoms with Crippen LogP contribution in [0, 0.1) is 0 Å². The molecule has 2 N–H and O–H groups in total. The molecule has 10 heteroatoms. The van der Waals surface area contributed by atoms with E-state index in [4.69, 9.17) is 9.47 Å². The number of aromatic hydroxyl groups is 1. The highest BCUT2D eigenvalue weighted by Gasteiger charge is 2.22. The highest BCUT2D eigenvalue weighted by Crippen LogP contribution is 2.38. The van der Waals surface area contributed by atoms with Gasteiger partial charge < -0.3 is 14.6 Å². The number of hydrogen-bond donors (Lipinski definition) is 3. The quantitative estimate of drug-likeness (QED) is 0.154. The van der Waals surface area contributed by atoms with Crippen LogP contribution in [-0.2, 0) is 14.3 Å². The maximum absolute atomic E-state index is 12.5. The summed E-state index contributed by atoms with van der Waals surface area (Å²) in [6.45, 7) is 1.58. The zero-order valence-corrected chi connectivity index (χ0v) is 20.6. The fourth-order valence-corrected chi connectivity index (χ4v) is 4.02. The number of anilines is 1. The van der Waals surface area contributed by atoms with Gasteiger partial charge in [-0.2, -0.15) is 12.6 Å². The summed E-state index contributed by atoms with van der Waals surface area (Å²) in [4.78, 5) is 35.1. The molecule has 2 aromatic carbocycles. The van der Waals surface area contributed by atoms with E-state index in [2.05, 4.69) is 49.8 Å². The normalized spacial score (nSPS) is 11.5. The molecule has 2 rings (SSSR count). The van der Waals surface area contributed by atoms with Gasteiger partial charge in [0.15, 0.2) is 5.78 Å². The number of benzene rings is 2. The van der Waals surface area contributed by atoms with Gasteiger partial charge in [0.2, 0.25) is 0 Å². The number of ketones is 1. The second kappa shape index (κ2) is 12.1. The number of thiol groups is 1. The van der Waals surface area contributed by atoms with Gasteiger partial charge in [-0.25, -0.2) is 4.79 Å². The van der Waals surface area contributed by atoms with E-state index >= 15 is 0 Å². The van der Waals surface area contributed by atoms with Crippen LogP contribution in [0.2, 0.25) is 0 Å². The third-order valence-electron chi connectivity index (χ3n) is 4.19. The van der Waals surface area contributed by atoms with Crippen molar-refractivity contribution < 1.29 is 29.0 Å². The molecule has 0 spiro atoms. The summed E-state index contributed by atoms with van der Waals surface area (Å²) in [6, 6.07) is 9.71. The van der Waals surface area contributed by atoms with Gasteiger partial charge >= 0.3 is 12.1 Å². The van der Waals surface area contributed by atoms with Gasteiger partial charge in [0.05, 0.1) is 16.8 Å². The minimum Gasteiger partial charge on any atom is -0.506 e. The number of carbonyl (C=O) groups excluding carboxylic acids is 3. The molecular formula is C21H21Br2NO6S. The van der Waals surface area contributed by atoms with Crippen molar-refractivity contribution in [2.45, 2.75) is 25.9 Å². The van der Waals surface area contributed by atoms with Crippen molar-refractivity contribution in [1.29, 1.82) is 0 Å². The Labute approximate surface area is 202 Å². The topological polar surface area (TPSA) is 102 Å². The van der Waals surface area contributed by atoms with Crippen molar-refractivity contribution in [3.63, 3.8) is 0 Å². The molecule has 0 unspecified atom stereocenters. The Kier molecular flexibility index (Phi) is 9.86. The molecule has 1 amide bonds. The van der Waals surface area contributed by atoms with E-state index in [1.54, 1.807) is 36.4 Å². The lowest BCUT2D eigenvalue weighted by Crippen LogP contribution is -2.18. The number of nitrogens with one attached hydrogen (secondary N) is 1. The molecule has 2 aromatic rings. The summed E-state index contributed by atoms with van der Waals surface area (Å²) in [5, 5.41) is 13.1. The Bertz CT molecular complexity index is 952. The number of halogens is 2. The summed E-state index contributed by atoms with van der Waals surface area (Å²) < 4.78 is 11.7. The molecule has 0 aliphatic heterocycles. The van der Waals surface area contributed by atoms with Crippen LogP contribution >= 0.6 is 44.5 Å². The highest BCUT2D eigenvalue weighted by molar-refractivity contribution is 9.11. The smallest absolute Gasteiger partial charge is 0.412 e. The van der Waals surface area contributed by atoms with Gasteiger partial charge in [0.1, 0.15) is 11.9 Å². The first-order valence-corrected chi connectivity index (χ1v) is 11.5. The third-order valence-corrected chi connectivity index (χ3v) is 5.51. The fraction of sp³-hybridized carbons (Fsp3) is 0.286. The standard InChI is InChI=1S/C21H21Br2NO6S/c1-12(25)13-4-6-15(7-5-13)24-21(28)30-18(3-2-8-29-19(26)11-31)16-9-14(22)10-17(23)20(16)27/h4-7,9-10,18,27,31H,2-3,8,11H2,1H3,(H,24,28)/t18-/m0/s1. The van der Waals surface area contributed by atoms with Crippen LogP contribution in [0.15, 0.2) is 45.3 Å². The molecule has 0 aromatic heterocycles. The van der Waals surface area contributed by atoms with E-state index in [0.717, 1.165) is 0 Å². The SMILES string of the molecule is CC(=O)c1ccc(NC(=O)O[C@@H](CCCOC(=O)CS)c2cc(Br)cc(Br)c2O)cc1. The van der Waals surface area contributed by atoms with Gasteiger partial charge in [0.25, 0.3) is 0 Å². The maximum atomic E-state index is 12.5. The molecule has 166 valence electrons. The van der Waals surface area contributed by atoms with E-state index in [1.807, 2.05) is 0 Å². The van der Waals surface area contributed by atoms with Crippen LogP contribution in [0.3, 0.4) is 0 Å². The van der Waals surface area contributed by atoms with E-state index < -0.39 is 18.2 Å². The minimum absolute atomic E-state index is 0.0237. The summed E-state index contributed by atoms with van der Waals surface area (Å²) in [7, 11) is 0. The van der Waals surface area contributed by atoms with Gasteiger partial charge in [-0.05, 0) is 72.1 Å². The van der Waals surface area contributed by atoms with Crippen LogP contribution in [0.1, 0.15) is 41.8 Å². The number of phenols is 1. The lowest BCUT2D eigenvalue weighted by molar-refractivity contribution is -0.140. The van der Waals surface area contributed by atoms with Crippen LogP contribution in [0.25, 0.3) is 0 Å². The summed E-state index contributed by atoms with van der Waals surface area (Å²) in [5.74, 6) is -0.604. The zero-order chi connectivity index (χ0) is 23.0. The molecule has 0 aliphatic carbocycles. The third kappa shape index (κ3) is 7.86. The van der Waals surface area contributed by atoms with Crippen LogP contribution < -0.4 is 5.32 Å². The fourth-order valence-electron chi connectivity index (χ4n) is 2.67. The molecule has 0 saturated carbocycles. The van der Waals surface area contributed by atoms with Crippen molar-refractivity contribution in [2.75, 3.05) is 17.7 Å². The van der Waals surface area contributed by atoms with E-state index in [9.17, 15) is 19.5 Å². The van der Waals surface area contributed by atoms with E-state index in [0.29, 0.717) is 38.6 Å². The average Bonchev–Trinajstić information content (AvgIpc) is 2.73. The van der Waals surface area contributed by atoms with Crippen LogP contribution in [0.4, 0.5) is 10.5 Å². The monoisotopic (exact) mass is 573 g/mol. The average molecular weight is 575 g/mol. The second-order valence-electron chi connectivity index (χ2n) is 6.50. The lowest BCUT2D eigenvalue weighted by Gasteiger charge is -2.20. The van der Waals surface area contributed by atoms with Crippen molar-refractivity contribution in [2.24, 2.45) is 0 Å². The number of esters is 1. The molecule has 7 nitrogen and oxygen atoms in total. The maximum Gasteiger partial charge on any atom is 0.412 e. The van der Waals surface area contributed by atoms with E-state index in [-0.39, 0.29) is 23.9 Å². The Balaban J connectivity index is 2.12. The molecule has 0 radical (unpaired) electrons. The van der Waals surface area contributed by atoms with Gasteiger partial charge in [-0.15, -0.1) is 0 Å². The number of phenolic OH excluding ortho intramolecular Hbond substituents is 1. The van der Waals surface area contributed by atoms with Crippen LogP contribution in [0.5, 0.6) is 5.75 Å². The summed E-state index contributed by atoms with van der Waals surface area (Å²) >= 11 is 10.5. The van der Waals surface area contributed by atoms with Crippen molar-refractivity contribution in [1.82, 2.24) is 0 Å². The molecule has 1 atom stereocenters. The minimum atomic E-state index is -0.806. The Morgan fingerprint density at radius 2 is 1.84 bits per heavy atom. The molecule has 0 aliphatic rings. The first kappa shape index (κ1) is 25.2. The zero-order valence-electron chi connectivity index (χ0n) is 16.6. The van der Waals surface area contributed by atoms with Crippen molar-refractivity contribution in [3.8, 4) is 5.75 Å². The highest BCUT2D eigenvalue weighted by atomic mass is 79.9. The number of ether oxygens (including phenoxy) is 2. The summed E-state index contributed by atoms with van der Waals surface area (Å²) in [6.07, 6.45) is -0.843. The molecular weight excluding hydrogens is 554 g/mol. The number of Topliss-reactive ketones (excluding diaryl/α,β-unsaturated/α-hetero) is 1. The number of hydrogen-bond acceptors (Lipinski definition) is 7. The van der Waals surface area contributed by atoms with Gasteiger partial charge in [0, 0.05) is 21.3 Å².